The maximum atomic E-state index is 12.7. The average molecular weight is 398 g/mol. The Balaban J connectivity index is 1.65. The van der Waals surface area contributed by atoms with Gasteiger partial charge in [-0.1, -0.05) is 30.3 Å². The van der Waals surface area contributed by atoms with Crippen molar-refractivity contribution in [2.45, 2.75) is 31.6 Å². The molecule has 0 atom stereocenters. The van der Waals surface area contributed by atoms with Crippen molar-refractivity contribution >= 4 is 21.5 Å². The Kier molecular flexibility index (Phi) is 6.12. The van der Waals surface area contributed by atoms with Crippen molar-refractivity contribution in [3.05, 3.63) is 65.2 Å². The summed E-state index contributed by atoms with van der Waals surface area (Å²) in [6.45, 7) is 2.35. The predicted octanol–water partition coefficient (Wildman–Crippen LogP) is 3.17. The summed E-state index contributed by atoms with van der Waals surface area (Å²) in [5, 5.41) is 12.4. The minimum atomic E-state index is -3.36. The van der Waals surface area contributed by atoms with Gasteiger partial charge in [-0.2, -0.15) is 5.26 Å². The summed E-state index contributed by atoms with van der Waals surface area (Å²) in [5.74, 6) is -0.0696. The lowest BCUT2D eigenvalue weighted by atomic mass is 10.0. The van der Waals surface area contributed by atoms with Crippen molar-refractivity contribution in [2.24, 2.45) is 0 Å². The number of piperidine rings is 1. The second-order valence-corrected chi connectivity index (χ2v) is 8.96. The molecule has 1 saturated heterocycles. The Morgan fingerprint density at radius 2 is 1.86 bits per heavy atom. The van der Waals surface area contributed by atoms with Crippen LogP contribution in [0.5, 0.6) is 0 Å². The Labute approximate surface area is 165 Å². The van der Waals surface area contributed by atoms with E-state index in [1.54, 1.807) is 18.2 Å². The third kappa shape index (κ3) is 4.77. The highest BCUT2D eigenvalue weighted by molar-refractivity contribution is 7.88. The van der Waals surface area contributed by atoms with Gasteiger partial charge in [0, 0.05) is 30.4 Å². The number of nitrogens with one attached hydrogen (secondary N) is 1. The number of carbonyl (C=O) groups is 1. The van der Waals surface area contributed by atoms with E-state index in [0.717, 1.165) is 5.56 Å². The Bertz CT molecular complexity index is 989. The molecule has 0 aromatic heterocycles. The molecule has 1 aliphatic heterocycles. The monoisotopic (exact) mass is 397 g/mol. The van der Waals surface area contributed by atoms with E-state index in [-0.39, 0.29) is 17.6 Å². The minimum absolute atomic E-state index is 0.00460. The van der Waals surface area contributed by atoms with Crippen molar-refractivity contribution in [2.75, 3.05) is 18.4 Å². The molecule has 3 rings (SSSR count). The molecule has 1 heterocycles. The molecule has 0 spiro atoms. The zero-order chi connectivity index (χ0) is 20.1. The number of anilines is 1. The third-order valence-corrected chi connectivity index (χ3v) is 6.78. The van der Waals surface area contributed by atoms with Gasteiger partial charge < -0.3 is 5.32 Å². The van der Waals surface area contributed by atoms with E-state index in [9.17, 15) is 13.2 Å². The van der Waals surface area contributed by atoms with Gasteiger partial charge in [0.1, 0.15) is 0 Å². The van der Waals surface area contributed by atoms with Crippen LogP contribution in [0.1, 0.15) is 41.3 Å². The molecular formula is C21H23N3O3S. The summed E-state index contributed by atoms with van der Waals surface area (Å²) in [7, 11) is -3.36. The topological polar surface area (TPSA) is 90.3 Å². The van der Waals surface area contributed by atoms with E-state index in [1.807, 2.05) is 30.3 Å². The molecule has 0 saturated carbocycles. The first-order chi connectivity index (χ1) is 13.4. The van der Waals surface area contributed by atoms with Crippen LogP contribution in [0.3, 0.4) is 0 Å². The third-order valence-electron chi connectivity index (χ3n) is 4.93. The highest BCUT2D eigenvalue weighted by Gasteiger charge is 2.28. The number of carbonyl (C=O) groups excluding carboxylic acids is 1. The number of ketones is 1. The number of hydrogen-bond donors (Lipinski definition) is 1. The molecule has 0 radical (unpaired) electrons. The van der Waals surface area contributed by atoms with Crippen LogP contribution in [0.15, 0.2) is 48.5 Å². The minimum Gasteiger partial charge on any atom is -0.382 e. The van der Waals surface area contributed by atoms with Crippen molar-refractivity contribution in [1.82, 2.24) is 4.31 Å². The van der Waals surface area contributed by atoms with Crippen molar-refractivity contribution < 1.29 is 13.2 Å². The molecular weight excluding hydrogens is 374 g/mol. The first-order valence-electron chi connectivity index (χ1n) is 9.22. The van der Waals surface area contributed by atoms with E-state index < -0.39 is 10.0 Å². The standard InChI is InChI=1S/C21H23N3O3S/c1-16(25)20-8-7-18(14-22)13-21(20)23-19-9-11-24(12-10-19)28(26,27)15-17-5-3-2-4-6-17/h2-8,13,19,23H,9-12,15H2,1H3. The van der Waals surface area contributed by atoms with Crippen LogP contribution < -0.4 is 5.32 Å². The number of rotatable bonds is 6. The van der Waals surface area contributed by atoms with Gasteiger partial charge in [0.2, 0.25) is 10.0 Å². The Morgan fingerprint density at radius 1 is 1.18 bits per heavy atom. The van der Waals surface area contributed by atoms with Gasteiger partial charge in [0.05, 0.1) is 17.4 Å². The van der Waals surface area contributed by atoms with Gasteiger partial charge in [0.25, 0.3) is 0 Å². The van der Waals surface area contributed by atoms with E-state index in [4.69, 9.17) is 5.26 Å². The van der Waals surface area contributed by atoms with Crippen molar-refractivity contribution in [3.8, 4) is 6.07 Å². The summed E-state index contributed by atoms with van der Waals surface area (Å²) in [6.07, 6.45) is 1.28. The van der Waals surface area contributed by atoms with Crippen LogP contribution >= 0.6 is 0 Å². The smallest absolute Gasteiger partial charge is 0.218 e. The maximum Gasteiger partial charge on any atom is 0.218 e. The van der Waals surface area contributed by atoms with E-state index in [2.05, 4.69) is 11.4 Å². The SMILES string of the molecule is CC(=O)c1ccc(C#N)cc1NC1CCN(S(=O)(=O)Cc2ccccc2)CC1. The Morgan fingerprint density at radius 3 is 2.46 bits per heavy atom. The quantitative estimate of drug-likeness (QED) is 0.756. The van der Waals surface area contributed by atoms with Crippen molar-refractivity contribution in [1.29, 1.82) is 5.26 Å². The van der Waals surface area contributed by atoms with Crippen LogP contribution in [0.4, 0.5) is 5.69 Å². The second kappa shape index (κ2) is 8.55. The van der Waals surface area contributed by atoms with Crippen LogP contribution in [-0.4, -0.2) is 37.6 Å². The fraction of sp³-hybridized carbons (Fsp3) is 0.333. The molecule has 28 heavy (non-hydrogen) atoms. The fourth-order valence-electron chi connectivity index (χ4n) is 3.41. The molecule has 1 fully saturated rings. The predicted molar refractivity (Wildman–Crippen MR) is 108 cm³/mol. The number of benzene rings is 2. The fourth-order valence-corrected chi connectivity index (χ4v) is 4.98. The molecule has 7 heteroatoms. The molecule has 6 nitrogen and oxygen atoms in total. The molecule has 1 aliphatic rings. The van der Waals surface area contributed by atoms with Gasteiger partial charge in [-0.3, -0.25) is 4.79 Å². The number of sulfonamides is 1. The van der Waals surface area contributed by atoms with E-state index in [0.29, 0.717) is 42.7 Å². The number of nitriles is 1. The summed E-state index contributed by atoms with van der Waals surface area (Å²) in [4.78, 5) is 11.9. The van der Waals surface area contributed by atoms with Crippen LogP contribution in [-0.2, 0) is 15.8 Å². The molecule has 2 aromatic carbocycles. The summed E-state index contributed by atoms with van der Waals surface area (Å²) >= 11 is 0. The molecule has 0 unspecified atom stereocenters. The van der Waals surface area contributed by atoms with Gasteiger partial charge >= 0.3 is 0 Å². The molecule has 0 aliphatic carbocycles. The lowest BCUT2D eigenvalue weighted by Gasteiger charge is -2.32. The van der Waals surface area contributed by atoms with Crippen molar-refractivity contribution in [3.63, 3.8) is 0 Å². The average Bonchev–Trinajstić information content (AvgIpc) is 2.68. The first-order valence-corrected chi connectivity index (χ1v) is 10.8. The summed E-state index contributed by atoms with van der Waals surface area (Å²) in [6, 6.07) is 16.3. The summed E-state index contributed by atoms with van der Waals surface area (Å²) < 4.78 is 26.9. The zero-order valence-corrected chi connectivity index (χ0v) is 16.6. The number of hydrogen-bond acceptors (Lipinski definition) is 5. The maximum absolute atomic E-state index is 12.7. The first kappa shape index (κ1) is 20.1. The highest BCUT2D eigenvalue weighted by Crippen LogP contribution is 2.24. The number of Topliss-reactive ketones (excluding diaryl/α,β-unsaturated/α-hetero) is 1. The van der Waals surface area contributed by atoms with Gasteiger partial charge in [-0.25, -0.2) is 12.7 Å². The lowest BCUT2D eigenvalue weighted by Crippen LogP contribution is -2.42. The van der Waals surface area contributed by atoms with Gasteiger partial charge in [-0.15, -0.1) is 0 Å². The molecule has 0 bridgehead atoms. The molecule has 2 aromatic rings. The second-order valence-electron chi connectivity index (χ2n) is 6.99. The lowest BCUT2D eigenvalue weighted by molar-refractivity contribution is 0.101. The van der Waals surface area contributed by atoms with Crippen LogP contribution in [0, 0.1) is 11.3 Å². The summed E-state index contributed by atoms with van der Waals surface area (Å²) in [5.41, 5.74) is 2.44. The van der Waals surface area contributed by atoms with Gasteiger partial charge in [0.15, 0.2) is 5.78 Å². The van der Waals surface area contributed by atoms with Crippen LogP contribution in [0.2, 0.25) is 0 Å². The van der Waals surface area contributed by atoms with Crippen LogP contribution in [0.25, 0.3) is 0 Å². The molecule has 146 valence electrons. The Hall–Kier alpha value is -2.69. The van der Waals surface area contributed by atoms with Gasteiger partial charge in [-0.05, 0) is 43.5 Å². The normalized spacial score (nSPS) is 15.7. The molecule has 1 N–H and O–H groups in total. The number of nitrogens with zero attached hydrogens (tertiary/aromatic N) is 2. The molecule has 0 amide bonds. The zero-order valence-electron chi connectivity index (χ0n) is 15.8. The largest absolute Gasteiger partial charge is 0.382 e. The van der Waals surface area contributed by atoms with E-state index in [1.165, 1.54) is 11.2 Å². The van der Waals surface area contributed by atoms with E-state index >= 15 is 0 Å². The highest BCUT2D eigenvalue weighted by atomic mass is 32.2.